The highest BCUT2D eigenvalue weighted by atomic mass is 35.5. The van der Waals surface area contributed by atoms with E-state index < -0.39 is 0 Å². The van der Waals surface area contributed by atoms with Crippen molar-refractivity contribution in [3.05, 3.63) is 82.9 Å². The van der Waals surface area contributed by atoms with Crippen molar-refractivity contribution < 1.29 is 19.1 Å². The smallest absolute Gasteiger partial charge is 0.255 e. The summed E-state index contributed by atoms with van der Waals surface area (Å²) in [6, 6.07) is 20.2. The molecule has 1 aliphatic heterocycles. The highest BCUT2D eigenvalue weighted by molar-refractivity contribution is 6.30. The van der Waals surface area contributed by atoms with Gasteiger partial charge >= 0.3 is 0 Å². The number of para-hydroxylation sites is 2. The van der Waals surface area contributed by atoms with E-state index in [0.717, 1.165) is 49.7 Å². The molecule has 3 aromatic carbocycles. The molecule has 2 N–H and O–H groups in total. The molecule has 0 unspecified atom stereocenters. The zero-order chi connectivity index (χ0) is 27.6. The van der Waals surface area contributed by atoms with E-state index in [0.29, 0.717) is 41.6 Å². The van der Waals surface area contributed by atoms with E-state index in [1.54, 1.807) is 37.4 Å². The van der Waals surface area contributed by atoms with Gasteiger partial charge < -0.3 is 29.9 Å². The van der Waals surface area contributed by atoms with Crippen molar-refractivity contribution in [2.24, 2.45) is 0 Å². The Hall–Kier alpha value is -3.75. The molecule has 0 aromatic heterocycles. The normalized spacial score (nSPS) is 13.2. The molecule has 0 aliphatic carbocycles. The third kappa shape index (κ3) is 7.43. The second-order valence-corrected chi connectivity index (χ2v) is 9.58. The third-order valence-electron chi connectivity index (χ3n) is 6.61. The van der Waals surface area contributed by atoms with E-state index >= 15 is 0 Å². The number of amides is 2. The molecule has 8 nitrogen and oxygen atoms in total. The van der Waals surface area contributed by atoms with Gasteiger partial charge in [-0.05, 0) is 67.9 Å². The molecule has 3 aromatic rings. The number of piperazine rings is 1. The number of methoxy groups -OCH3 is 1. The number of hydrogen-bond acceptors (Lipinski definition) is 6. The number of halogens is 1. The summed E-state index contributed by atoms with van der Waals surface area (Å²) >= 11 is 5.95. The first-order chi connectivity index (χ1) is 19.0. The Morgan fingerprint density at radius 2 is 1.59 bits per heavy atom. The van der Waals surface area contributed by atoms with Crippen LogP contribution in [0.15, 0.2) is 66.7 Å². The van der Waals surface area contributed by atoms with Crippen LogP contribution in [0.3, 0.4) is 0 Å². The monoisotopic (exact) mass is 550 g/mol. The van der Waals surface area contributed by atoms with E-state index in [2.05, 4.69) is 26.5 Å². The van der Waals surface area contributed by atoms with Gasteiger partial charge in [-0.2, -0.15) is 0 Å². The largest absolute Gasteiger partial charge is 0.495 e. The number of nitrogens with zero attached hydrogens (tertiary/aromatic N) is 2. The summed E-state index contributed by atoms with van der Waals surface area (Å²) in [5, 5.41) is 6.47. The summed E-state index contributed by atoms with van der Waals surface area (Å²) in [6.07, 6.45) is 0.722. The average molecular weight is 551 g/mol. The van der Waals surface area contributed by atoms with Gasteiger partial charge in [-0.25, -0.2) is 0 Å². The minimum Gasteiger partial charge on any atom is -0.495 e. The molecule has 39 heavy (non-hydrogen) atoms. The molecular formula is C30H35ClN4O4. The minimum atomic E-state index is -0.270. The predicted octanol–water partition coefficient (Wildman–Crippen LogP) is 5.08. The molecule has 206 valence electrons. The van der Waals surface area contributed by atoms with Crippen molar-refractivity contribution in [3.63, 3.8) is 0 Å². The molecule has 0 atom stereocenters. The lowest BCUT2D eigenvalue weighted by Gasteiger charge is -2.38. The van der Waals surface area contributed by atoms with Crippen molar-refractivity contribution in [2.75, 3.05) is 68.2 Å². The standard InChI is InChI=1S/C30H35ClN4O4/c1-3-39-20-6-15-32-30(37)25-21-24(33-29(36)22-9-11-23(31)12-10-22)13-14-26(25)34-16-18-35(19-17-34)27-7-4-5-8-28(27)38-2/h4-5,7-14,21H,3,6,15-20H2,1-2H3,(H,32,37)(H,33,36). The SMILES string of the molecule is CCOCCCNC(=O)c1cc(NC(=O)c2ccc(Cl)cc2)ccc1N1CCN(c2ccccc2OC)CC1. The molecule has 0 spiro atoms. The maximum Gasteiger partial charge on any atom is 0.255 e. The van der Waals surface area contributed by atoms with Gasteiger partial charge in [0, 0.05) is 67.9 Å². The molecule has 0 radical (unpaired) electrons. The second-order valence-electron chi connectivity index (χ2n) is 9.15. The quantitative estimate of drug-likeness (QED) is 0.324. The zero-order valence-electron chi connectivity index (χ0n) is 22.4. The van der Waals surface area contributed by atoms with Crippen molar-refractivity contribution in [1.29, 1.82) is 0 Å². The summed E-state index contributed by atoms with van der Waals surface area (Å²) in [6.45, 7) is 6.72. The molecule has 4 rings (SSSR count). The number of ether oxygens (including phenoxy) is 2. The number of anilines is 3. The van der Waals surface area contributed by atoms with E-state index in [9.17, 15) is 9.59 Å². The number of rotatable bonds is 11. The lowest BCUT2D eigenvalue weighted by atomic mass is 10.1. The Labute approximate surface area is 234 Å². The van der Waals surface area contributed by atoms with Crippen LogP contribution in [0, 0.1) is 0 Å². The Bertz CT molecular complexity index is 1260. The van der Waals surface area contributed by atoms with Crippen molar-refractivity contribution >= 4 is 40.5 Å². The number of carbonyl (C=O) groups is 2. The average Bonchev–Trinajstić information content (AvgIpc) is 2.97. The van der Waals surface area contributed by atoms with Crippen molar-refractivity contribution in [1.82, 2.24) is 5.32 Å². The second kappa shape index (κ2) is 13.9. The van der Waals surface area contributed by atoms with Crippen molar-refractivity contribution in [3.8, 4) is 5.75 Å². The Balaban J connectivity index is 1.51. The fourth-order valence-corrected chi connectivity index (χ4v) is 4.70. The van der Waals surface area contributed by atoms with E-state index in [-0.39, 0.29) is 11.8 Å². The molecule has 1 saturated heterocycles. The van der Waals surface area contributed by atoms with Crippen LogP contribution >= 0.6 is 11.6 Å². The fourth-order valence-electron chi connectivity index (χ4n) is 4.57. The minimum absolute atomic E-state index is 0.184. The summed E-state index contributed by atoms with van der Waals surface area (Å²) in [5.41, 5.74) is 3.45. The van der Waals surface area contributed by atoms with Gasteiger partial charge in [-0.1, -0.05) is 23.7 Å². The van der Waals surface area contributed by atoms with Gasteiger partial charge in [0.15, 0.2) is 0 Å². The highest BCUT2D eigenvalue weighted by Gasteiger charge is 2.24. The van der Waals surface area contributed by atoms with Crippen LogP contribution in [-0.4, -0.2) is 64.9 Å². The first-order valence-electron chi connectivity index (χ1n) is 13.2. The Morgan fingerprint density at radius 3 is 2.28 bits per heavy atom. The number of carbonyl (C=O) groups excluding carboxylic acids is 2. The topological polar surface area (TPSA) is 83.1 Å². The van der Waals surface area contributed by atoms with E-state index in [1.807, 2.05) is 37.3 Å². The molecule has 1 aliphatic rings. The van der Waals surface area contributed by atoms with Gasteiger partial charge in [0.05, 0.1) is 18.4 Å². The Kier molecular flexibility index (Phi) is 10.1. The van der Waals surface area contributed by atoms with Crippen LogP contribution in [0.5, 0.6) is 5.75 Å². The molecule has 0 saturated carbocycles. The number of nitrogens with one attached hydrogen (secondary N) is 2. The molecule has 2 amide bonds. The van der Waals surface area contributed by atoms with Crippen LogP contribution in [-0.2, 0) is 4.74 Å². The lowest BCUT2D eigenvalue weighted by molar-refractivity contribution is 0.0943. The molecule has 1 fully saturated rings. The van der Waals surface area contributed by atoms with Gasteiger partial charge in [-0.3, -0.25) is 9.59 Å². The molecular weight excluding hydrogens is 516 g/mol. The van der Waals surface area contributed by atoms with Gasteiger partial charge in [-0.15, -0.1) is 0 Å². The Morgan fingerprint density at radius 1 is 0.897 bits per heavy atom. The van der Waals surface area contributed by atoms with Crippen molar-refractivity contribution in [2.45, 2.75) is 13.3 Å². The number of benzene rings is 3. The summed E-state index contributed by atoms with van der Waals surface area (Å²) in [5.74, 6) is 0.392. The van der Waals surface area contributed by atoms with Crippen LogP contribution < -0.4 is 25.2 Å². The molecule has 0 bridgehead atoms. The van der Waals surface area contributed by atoms with E-state index in [4.69, 9.17) is 21.1 Å². The third-order valence-corrected chi connectivity index (χ3v) is 6.86. The molecule has 1 heterocycles. The van der Waals surface area contributed by atoms with Crippen LogP contribution in [0.1, 0.15) is 34.1 Å². The predicted molar refractivity (Wildman–Crippen MR) is 157 cm³/mol. The summed E-state index contributed by atoms with van der Waals surface area (Å²) in [7, 11) is 1.68. The van der Waals surface area contributed by atoms with E-state index in [1.165, 1.54) is 0 Å². The van der Waals surface area contributed by atoms with Gasteiger partial charge in [0.1, 0.15) is 5.75 Å². The van der Waals surface area contributed by atoms with Gasteiger partial charge in [0.25, 0.3) is 11.8 Å². The zero-order valence-corrected chi connectivity index (χ0v) is 23.2. The molecule has 9 heteroatoms. The van der Waals surface area contributed by atoms with Gasteiger partial charge in [0.2, 0.25) is 0 Å². The lowest BCUT2D eigenvalue weighted by Crippen LogP contribution is -2.47. The highest BCUT2D eigenvalue weighted by Crippen LogP contribution is 2.31. The van der Waals surface area contributed by atoms with Crippen LogP contribution in [0.2, 0.25) is 5.02 Å². The first-order valence-corrected chi connectivity index (χ1v) is 13.6. The van der Waals surface area contributed by atoms with Crippen LogP contribution in [0.25, 0.3) is 0 Å². The fraction of sp³-hybridized carbons (Fsp3) is 0.333. The first kappa shape index (κ1) is 28.3. The van der Waals surface area contributed by atoms with Crippen LogP contribution in [0.4, 0.5) is 17.1 Å². The number of hydrogen-bond donors (Lipinski definition) is 2. The maximum absolute atomic E-state index is 13.3. The maximum atomic E-state index is 13.3. The summed E-state index contributed by atoms with van der Waals surface area (Å²) < 4.78 is 10.9. The summed E-state index contributed by atoms with van der Waals surface area (Å²) in [4.78, 5) is 30.6.